The Morgan fingerprint density at radius 3 is 2.79 bits per heavy atom. The van der Waals surface area contributed by atoms with Crippen molar-refractivity contribution in [3.05, 3.63) is 24.0 Å². The molecule has 2 aliphatic rings. The second-order valence-electron chi connectivity index (χ2n) is 5.50. The van der Waals surface area contributed by atoms with E-state index in [2.05, 4.69) is 0 Å². The van der Waals surface area contributed by atoms with Crippen LogP contribution in [0.5, 0.6) is 0 Å². The standard InChI is InChI=1S/C16H19FN2O5/c1-2-14(20)23-15-10-19(16(21)24-15)11-3-4-13(12(17)9-11)18-5-7-22-8-6-18/h3-4,9,15H,2,5-8,10H2,1H3. The van der Waals surface area contributed by atoms with Crippen LogP contribution in [0.2, 0.25) is 0 Å². The molecular weight excluding hydrogens is 319 g/mol. The van der Waals surface area contributed by atoms with E-state index in [0.717, 1.165) is 0 Å². The quantitative estimate of drug-likeness (QED) is 0.781. The van der Waals surface area contributed by atoms with Crippen molar-refractivity contribution in [3.8, 4) is 0 Å². The molecule has 1 aromatic carbocycles. The van der Waals surface area contributed by atoms with Crippen molar-refractivity contribution < 1.29 is 28.2 Å². The van der Waals surface area contributed by atoms with Gasteiger partial charge in [0.1, 0.15) is 12.4 Å². The highest BCUT2D eigenvalue weighted by Gasteiger charge is 2.35. The molecule has 0 aromatic heterocycles. The van der Waals surface area contributed by atoms with Gasteiger partial charge in [0.2, 0.25) is 0 Å². The van der Waals surface area contributed by atoms with E-state index in [1.807, 2.05) is 4.90 Å². The minimum atomic E-state index is -0.966. The minimum absolute atomic E-state index is 0.0426. The number of benzene rings is 1. The predicted molar refractivity (Wildman–Crippen MR) is 83.4 cm³/mol. The Labute approximate surface area is 138 Å². The van der Waals surface area contributed by atoms with Crippen LogP contribution in [0.1, 0.15) is 13.3 Å². The SMILES string of the molecule is CCC(=O)OC1CN(c2ccc(N3CCOCC3)c(F)c2)C(=O)O1. The first-order chi connectivity index (χ1) is 11.6. The number of esters is 1. The van der Waals surface area contributed by atoms with E-state index in [-0.39, 0.29) is 13.0 Å². The van der Waals surface area contributed by atoms with E-state index in [4.69, 9.17) is 14.2 Å². The fraction of sp³-hybridized carbons (Fsp3) is 0.500. The zero-order valence-corrected chi connectivity index (χ0v) is 13.4. The van der Waals surface area contributed by atoms with E-state index < -0.39 is 24.2 Å². The Kier molecular flexibility index (Phi) is 4.84. The van der Waals surface area contributed by atoms with Gasteiger partial charge in [-0.05, 0) is 18.2 Å². The van der Waals surface area contributed by atoms with Crippen LogP contribution >= 0.6 is 0 Å². The van der Waals surface area contributed by atoms with Gasteiger partial charge >= 0.3 is 12.1 Å². The summed E-state index contributed by atoms with van der Waals surface area (Å²) in [6.45, 7) is 4.06. The summed E-state index contributed by atoms with van der Waals surface area (Å²) in [7, 11) is 0. The number of morpholine rings is 1. The van der Waals surface area contributed by atoms with Crippen LogP contribution in [0.25, 0.3) is 0 Å². The molecule has 1 aromatic rings. The third-order valence-electron chi connectivity index (χ3n) is 3.93. The number of hydrogen-bond acceptors (Lipinski definition) is 6. The minimum Gasteiger partial charge on any atom is -0.423 e. The first-order valence-corrected chi connectivity index (χ1v) is 7.88. The lowest BCUT2D eigenvalue weighted by molar-refractivity contribution is -0.161. The summed E-state index contributed by atoms with van der Waals surface area (Å²) in [5.41, 5.74) is 0.841. The number of carbonyl (C=O) groups excluding carboxylic acids is 2. The molecule has 0 radical (unpaired) electrons. The summed E-state index contributed by atoms with van der Waals surface area (Å²) >= 11 is 0. The summed E-state index contributed by atoms with van der Waals surface area (Å²) in [5.74, 6) is -0.875. The summed E-state index contributed by atoms with van der Waals surface area (Å²) in [4.78, 5) is 26.3. The highest BCUT2D eigenvalue weighted by atomic mass is 19.1. The lowest BCUT2D eigenvalue weighted by atomic mass is 10.2. The molecule has 2 aliphatic heterocycles. The number of hydrogen-bond donors (Lipinski definition) is 0. The molecule has 0 bridgehead atoms. The number of carbonyl (C=O) groups is 2. The van der Waals surface area contributed by atoms with Crippen molar-refractivity contribution in [1.29, 1.82) is 0 Å². The van der Waals surface area contributed by atoms with E-state index in [1.165, 1.54) is 11.0 Å². The third-order valence-corrected chi connectivity index (χ3v) is 3.93. The first kappa shape index (κ1) is 16.5. The van der Waals surface area contributed by atoms with Gasteiger partial charge < -0.3 is 19.1 Å². The number of cyclic esters (lactones) is 1. The number of anilines is 2. The highest BCUT2D eigenvalue weighted by Crippen LogP contribution is 2.28. The van der Waals surface area contributed by atoms with Crippen LogP contribution in [-0.2, 0) is 19.0 Å². The maximum absolute atomic E-state index is 14.4. The van der Waals surface area contributed by atoms with Crippen LogP contribution in [0.4, 0.5) is 20.6 Å². The van der Waals surface area contributed by atoms with Crippen molar-refractivity contribution in [3.63, 3.8) is 0 Å². The molecule has 130 valence electrons. The largest absolute Gasteiger partial charge is 0.423 e. The van der Waals surface area contributed by atoms with Crippen LogP contribution in [0.15, 0.2) is 18.2 Å². The smallest absolute Gasteiger partial charge is 0.417 e. The fourth-order valence-corrected chi connectivity index (χ4v) is 2.66. The maximum Gasteiger partial charge on any atom is 0.417 e. The van der Waals surface area contributed by atoms with Gasteiger partial charge in [-0.25, -0.2) is 9.18 Å². The monoisotopic (exact) mass is 338 g/mol. The second-order valence-corrected chi connectivity index (χ2v) is 5.50. The molecule has 1 amide bonds. The van der Waals surface area contributed by atoms with Crippen molar-refractivity contribution in [1.82, 2.24) is 0 Å². The molecule has 8 heteroatoms. The highest BCUT2D eigenvalue weighted by molar-refractivity contribution is 5.90. The molecular formula is C16H19FN2O5. The topological polar surface area (TPSA) is 68.3 Å². The third kappa shape index (κ3) is 3.43. The molecule has 1 atom stereocenters. The van der Waals surface area contributed by atoms with Crippen molar-refractivity contribution in [2.75, 3.05) is 42.6 Å². The van der Waals surface area contributed by atoms with Crippen LogP contribution in [0, 0.1) is 5.82 Å². The number of amides is 1. The lowest BCUT2D eigenvalue weighted by Crippen LogP contribution is -2.36. The average Bonchev–Trinajstić information content (AvgIpc) is 2.95. The van der Waals surface area contributed by atoms with Gasteiger partial charge in [0, 0.05) is 19.5 Å². The predicted octanol–water partition coefficient (Wildman–Crippen LogP) is 1.90. The summed E-state index contributed by atoms with van der Waals surface area (Å²) in [6.07, 6.45) is -1.44. The van der Waals surface area contributed by atoms with Crippen LogP contribution in [-0.4, -0.2) is 51.2 Å². The number of ether oxygens (including phenoxy) is 3. The van der Waals surface area contributed by atoms with Crippen molar-refractivity contribution >= 4 is 23.4 Å². The Hall–Kier alpha value is -2.35. The van der Waals surface area contributed by atoms with Gasteiger partial charge in [-0.1, -0.05) is 6.92 Å². The molecule has 1 unspecified atom stereocenters. The van der Waals surface area contributed by atoms with E-state index >= 15 is 0 Å². The van der Waals surface area contributed by atoms with Crippen molar-refractivity contribution in [2.24, 2.45) is 0 Å². The molecule has 7 nitrogen and oxygen atoms in total. The van der Waals surface area contributed by atoms with E-state index in [9.17, 15) is 14.0 Å². The number of halogens is 1. The Morgan fingerprint density at radius 2 is 2.12 bits per heavy atom. The fourth-order valence-electron chi connectivity index (χ4n) is 2.66. The average molecular weight is 338 g/mol. The zero-order chi connectivity index (χ0) is 17.1. The normalized spacial score (nSPS) is 20.9. The van der Waals surface area contributed by atoms with Gasteiger partial charge in [0.25, 0.3) is 6.29 Å². The molecule has 0 spiro atoms. The van der Waals surface area contributed by atoms with Crippen LogP contribution < -0.4 is 9.80 Å². The maximum atomic E-state index is 14.4. The summed E-state index contributed by atoms with van der Waals surface area (Å²) in [5, 5.41) is 0. The lowest BCUT2D eigenvalue weighted by Gasteiger charge is -2.29. The molecule has 2 heterocycles. The van der Waals surface area contributed by atoms with Gasteiger partial charge in [-0.2, -0.15) is 0 Å². The van der Waals surface area contributed by atoms with Gasteiger partial charge in [0.15, 0.2) is 0 Å². The Morgan fingerprint density at radius 1 is 1.38 bits per heavy atom. The second kappa shape index (κ2) is 7.04. The first-order valence-electron chi connectivity index (χ1n) is 7.88. The molecule has 2 saturated heterocycles. The molecule has 0 saturated carbocycles. The summed E-state index contributed by atoms with van der Waals surface area (Å²) < 4.78 is 29.7. The van der Waals surface area contributed by atoms with Crippen LogP contribution in [0.3, 0.4) is 0 Å². The van der Waals surface area contributed by atoms with Crippen molar-refractivity contribution in [2.45, 2.75) is 19.6 Å². The molecule has 24 heavy (non-hydrogen) atoms. The number of nitrogens with zero attached hydrogens (tertiary/aromatic N) is 2. The van der Waals surface area contributed by atoms with Gasteiger partial charge in [0.05, 0.1) is 24.6 Å². The molecule has 3 rings (SSSR count). The summed E-state index contributed by atoms with van der Waals surface area (Å²) in [6, 6.07) is 4.57. The Bertz CT molecular complexity index is 633. The van der Waals surface area contributed by atoms with Gasteiger partial charge in [-0.3, -0.25) is 9.69 Å². The molecule has 0 aliphatic carbocycles. The van der Waals surface area contributed by atoms with E-state index in [0.29, 0.717) is 37.7 Å². The molecule has 0 N–H and O–H groups in total. The zero-order valence-electron chi connectivity index (χ0n) is 13.4. The number of rotatable bonds is 4. The molecule has 2 fully saturated rings. The van der Waals surface area contributed by atoms with Gasteiger partial charge in [-0.15, -0.1) is 0 Å². The van der Waals surface area contributed by atoms with E-state index in [1.54, 1.807) is 19.1 Å². The Balaban J connectivity index is 1.72.